The summed E-state index contributed by atoms with van der Waals surface area (Å²) in [7, 11) is 3.68. The Labute approximate surface area is 166 Å². The predicted octanol–water partition coefficient (Wildman–Crippen LogP) is -2.04. The molecule has 12 nitrogen and oxygen atoms in total. The number of hydrogen-bond acceptors (Lipinski definition) is 10. The van der Waals surface area contributed by atoms with Crippen molar-refractivity contribution in [2.75, 3.05) is 92.6 Å². The van der Waals surface area contributed by atoms with Crippen LogP contribution in [0.4, 0.5) is 0 Å². The average molecular weight is 403 g/mol. The van der Waals surface area contributed by atoms with Gasteiger partial charge in [-0.2, -0.15) is 9.81 Å². The number of nitrogens with two attached hydrogens (primary N) is 2. The number of amides is 2. The summed E-state index contributed by atoms with van der Waals surface area (Å²) in [5.74, 6) is -0.842. The molecular weight excluding hydrogens is 368 g/mol. The van der Waals surface area contributed by atoms with Crippen LogP contribution in [0.2, 0.25) is 0 Å². The quantitative estimate of drug-likeness (QED) is 0.234. The van der Waals surface area contributed by atoms with E-state index in [1.165, 1.54) is 0 Å². The summed E-state index contributed by atoms with van der Waals surface area (Å²) in [6.45, 7) is 5.47. The maximum Gasteiger partial charge on any atom is 0.231 e. The van der Waals surface area contributed by atoms with Gasteiger partial charge in [-0.25, -0.2) is 0 Å². The third kappa shape index (κ3) is 15.1. The highest BCUT2D eigenvalue weighted by molar-refractivity contribution is 5.76. The zero-order valence-corrected chi connectivity index (χ0v) is 17.0. The van der Waals surface area contributed by atoms with Crippen LogP contribution >= 0.6 is 0 Å². The molecule has 2 amide bonds. The monoisotopic (exact) mass is 402 g/mol. The number of nitroso groups, excluding NO2 is 2. The van der Waals surface area contributed by atoms with Crippen LogP contribution in [0, 0.1) is 9.81 Å². The average Bonchev–Trinajstić information content (AvgIpc) is 2.62. The summed E-state index contributed by atoms with van der Waals surface area (Å²) < 4.78 is 0. The summed E-state index contributed by atoms with van der Waals surface area (Å²) in [6, 6.07) is 0. The van der Waals surface area contributed by atoms with Crippen LogP contribution in [0.25, 0.3) is 0 Å². The summed E-state index contributed by atoms with van der Waals surface area (Å²) in [4.78, 5) is 50.8. The van der Waals surface area contributed by atoms with Gasteiger partial charge in [-0.15, -0.1) is 0 Å². The van der Waals surface area contributed by atoms with Crippen molar-refractivity contribution in [3.63, 3.8) is 0 Å². The van der Waals surface area contributed by atoms with Crippen molar-refractivity contribution in [2.24, 2.45) is 21.8 Å². The van der Waals surface area contributed by atoms with Gasteiger partial charge in [-0.05, 0) is 14.1 Å². The zero-order chi connectivity index (χ0) is 21.4. The van der Waals surface area contributed by atoms with Crippen LogP contribution in [0.3, 0.4) is 0 Å². The maximum atomic E-state index is 11.3. The maximum absolute atomic E-state index is 11.3. The Hall–Kier alpha value is -2.02. The van der Waals surface area contributed by atoms with Gasteiger partial charge < -0.3 is 16.4 Å². The van der Waals surface area contributed by atoms with Crippen LogP contribution in [-0.4, -0.2) is 124 Å². The van der Waals surface area contributed by atoms with Crippen LogP contribution in [0.15, 0.2) is 10.4 Å². The summed E-state index contributed by atoms with van der Waals surface area (Å²) in [5.41, 5.74) is 10.5. The molecule has 0 aliphatic rings. The molecule has 0 bridgehead atoms. The van der Waals surface area contributed by atoms with Crippen LogP contribution in [-0.2, 0) is 9.59 Å². The van der Waals surface area contributed by atoms with Crippen LogP contribution in [0.1, 0.15) is 0 Å². The number of primary amides is 2. The van der Waals surface area contributed by atoms with Crippen molar-refractivity contribution in [3.05, 3.63) is 9.81 Å². The topological polar surface area (TPSA) is 158 Å². The Bertz CT molecular complexity index is 480. The first-order valence-corrected chi connectivity index (χ1v) is 9.25. The number of carbonyl (C=O) groups excluding carboxylic acids is 2. The molecule has 28 heavy (non-hydrogen) atoms. The molecule has 0 atom stereocenters. The Kier molecular flexibility index (Phi) is 14.8. The SMILES string of the molecule is CN(CCN=O)CCN(CCN=O)CCN(CCN(C)CC(N)=O)CC(N)=O. The molecule has 12 heteroatoms. The van der Waals surface area contributed by atoms with Gasteiger partial charge in [0.25, 0.3) is 0 Å². The summed E-state index contributed by atoms with van der Waals surface area (Å²) in [6.07, 6.45) is 0. The van der Waals surface area contributed by atoms with E-state index in [2.05, 4.69) is 15.3 Å². The van der Waals surface area contributed by atoms with E-state index in [0.29, 0.717) is 52.4 Å². The molecule has 0 aliphatic carbocycles. The third-order valence-electron chi connectivity index (χ3n) is 4.21. The molecule has 0 radical (unpaired) electrons. The molecule has 0 rings (SSSR count). The molecule has 162 valence electrons. The molecule has 0 aromatic carbocycles. The van der Waals surface area contributed by atoms with Gasteiger partial charge in [0.15, 0.2) is 0 Å². The minimum atomic E-state index is -0.431. The highest BCUT2D eigenvalue weighted by atomic mass is 16.3. The molecule has 0 aliphatic heterocycles. The molecule has 0 saturated carbocycles. The molecule has 0 fully saturated rings. The predicted molar refractivity (Wildman–Crippen MR) is 108 cm³/mol. The molecule has 0 saturated heterocycles. The lowest BCUT2D eigenvalue weighted by molar-refractivity contribution is -0.120. The second-order valence-corrected chi connectivity index (χ2v) is 6.80. The Morgan fingerprint density at radius 1 is 0.643 bits per heavy atom. The highest BCUT2D eigenvalue weighted by Gasteiger charge is 2.13. The van der Waals surface area contributed by atoms with Crippen molar-refractivity contribution < 1.29 is 9.59 Å². The normalized spacial score (nSPS) is 11.5. The van der Waals surface area contributed by atoms with Crippen molar-refractivity contribution >= 4 is 11.8 Å². The smallest absolute Gasteiger partial charge is 0.231 e. The van der Waals surface area contributed by atoms with Crippen LogP contribution in [0.5, 0.6) is 0 Å². The molecule has 4 N–H and O–H groups in total. The fourth-order valence-electron chi connectivity index (χ4n) is 2.58. The summed E-state index contributed by atoms with van der Waals surface area (Å²) >= 11 is 0. The number of likely N-dealkylation sites (N-methyl/N-ethyl adjacent to an activating group) is 2. The van der Waals surface area contributed by atoms with Gasteiger partial charge in [-0.1, -0.05) is 10.4 Å². The van der Waals surface area contributed by atoms with E-state index in [1.807, 2.05) is 16.8 Å². The third-order valence-corrected chi connectivity index (χ3v) is 4.21. The van der Waals surface area contributed by atoms with Gasteiger partial charge in [0.1, 0.15) is 0 Å². The lowest BCUT2D eigenvalue weighted by Crippen LogP contribution is -2.45. The largest absolute Gasteiger partial charge is 0.369 e. The van der Waals surface area contributed by atoms with Gasteiger partial charge in [0.05, 0.1) is 26.2 Å². The second kappa shape index (κ2) is 16.0. The lowest BCUT2D eigenvalue weighted by atomic mass is 10.3. The van der Waals surface area contributed by atoms with E-state index >= 15 is 0 Å². The van der Waals surface area contributed by atoms with Gasteiger partial charge in [0.2, 0.25) is 11.8 Å². The Morgan fingerprint density at radius 3 is 1.68 bits per heavy atom. The minimum Gasteiger partial charge on any atom is -0.369 e. The Balaban J connectivity index is 4.57. The fraction of sp³-hybridized carbons (Fsp3) is 0.875. The van der Waals surface area contributed by atoms with Gasteiger partial charge >= 0.3 is 0 Å². The van der Waals surface area contributed by atoms with E-state index < -0.39 is 11.8 Å². The van der Waals surface area contributed by atoms with Crippen molar-refractivity contribution in [2.45, 2.75) is 0 Å². The van der Waals surface area contributed by atoms with E-state index in [4.69, 9.17) is 11.5 Å². The van der Waals surface area contributed by atoms with E-state index in [9.17, 15) is 19.4 Å². The first kappa shape index (κ1) is 26.0. The number of rotatable bonds is 19. The van der Waals surface area contributed by atoms with Crippen molar-refractivity contribution in [1.29, 1.82) is 0 Å². The molecule has 0 spiro atoms. The minimum absolute atomic E-state index is 0.106. The summed E-state index contributed by atoms with van der Waals surface area (Å²) in [5, 5.41) is 5.76. The zero-order valence-electron chi connectivity index (χ0n) is 17.0. The second-order valence-electron chi connectivity index (χ2n) is 6.80. The molecule has 0 aromatic heterocycles. The van der Waals surface area contributed by atoms with Gasteiger partial charge in [-0.3, -0.25) is 24.3 Å². The molecule has 0 aromatic rings. The van der Waals surface area contributed by atoms with Crippen molar-refractivity contribution in [1.82, 2.24) is 19.6 Å². The fourth-order valence-corrected chi connectivity index (χ4v) is 2.58. The van der Waals surface area contributed by atoms with E-state index in [-0.39, 0.29) is 26.2 Å². The van der Waals surface area contributed by atoms with E-state index in [1.54, 1.807) is 11.9 Å². The highest BCUT2D eigenvalue weighted by Crippen LogP contribution is 1.96. The standard InChI is InChI=1S/C16H34N8O4/c1-21(5-3-19-27)7-9-23(6-4-20-28)11-12-24(14-16(18)26)10-8-22(2)13-15(17)25/h3-14H2,1-2H3,(H2,17,25)(H2,18,26). The van der Waals surface area contributed by atoms with Gasteiger partial charge in [0, 0.05) is 52.4 Å². The lowest BCUT2D eigenvalue weighted by Gasteiger charge is -2.28. The molecular formula is C16H34N8O4. The van der Waals surface area contributed by atoms with Crippen molar-refractivity contribution in [3.8, 4) is 0 Å². The number of nitrogens with zero attached hydrogens (tertiary/aromatic N) is 6. The first-order chi connectivity index (χ1) is 13.3. The Morgan fingerprint density at radius 2 is 1.11 bits per heavy atom. The van der Waals surface area contributed by atoms with Crippen LogP contribution < -0.4 is 11.5 Å². The first-order valence-electron chi connectivity index (χ1n) is 9.25. The van der Waals surface area contributed by atoms with E-state index in [0.717, 1.165) is 0 Å². The molecule has 0 unspecified atom stereocenters. The number of hydrogen-bond donors (Lipinski definition) is 2. The number of carbonyl (C=O) groups is 2. The molecule has 0 heterocycles.